The van der Waals surface area contributed by atoms with Crippen molar-refractivity contribution >= 4 is 34.0 Å². The van der Waals surface area contributed by atoms with Gasteiger partial charge in [-0.3, -0.25) is 4.39 Å². The van der Waals surface area contributed by atoms with Gasteiger partial charge in [-0.05, 0) is 131 Å². The monoisotopic (exact) mass is 962 g/mol. The zero-order chi connectivity index (χ0) is 50.6. The predicted octanol–water partition coefficient (Wildman–Crippen LogP) is 15.2. The molecule has 0 aliphatic heterocycles. The van der Waals surface area contributed by atoms with Crippen LogP contribution in [-0.2, 0) is 36.2 Å². The number of alkyl halides is 1. The molecule has 0 N–H and O–H groups in total. The van der Waals surface area contributed by atoms with Gasteiger partial charge in [0.2, 0.25) is 0 Å². The molecule has 2 saturated carbocycles. The number of aromatic nitrogens is 1. The highest BCUT2D eigenvalue weighted by Crippen LogP contribution is 2.49. The van der Waals surface area contributed by atoms with Crippen LogP contribution in [0.5, 0.6) is 11.5 Å². The van der Waals surface area contributed by atoms with E-state index >= 15 is 0 Å². The van der Waals surface area contributed by atoms with Gasteiger partial charge in [0.1, 0.15) is 36.3 Å². The van der Waals surface area contributed by atoms with Gasteiger partial charge in [-0.25, -0.2) is 18.4 Å². The van der Waals surface area contributed by atoms with E-state index in [0.29, 0.717) is 54.1 Å². The van der Waals surface area contributed by atoms with Gasteiger partial charge in [0.05, 0.1) is 39.6 Å². The molecule has 7 aromatic rings. The second kappa shape index (κ2) is 23.7. The largest absolute Gasteiger partial charge is 0.488 e. The fourth-order valence-corrected chi connectivity index (χ4v) is 10.8. The van der Waals surface area contributed by atoms with Crippen molar-refractivity contribution in [3.63, 3.8) is 0 Å². The average molecular weight is 963 g/mol. The zero-order valence-corrected chi connectivity index (χ0v) is 40.8. The molecule has 368 valence electrons. The number of nitrogens with zero attached hydrogens (tertiary/aromatic N) is 1. The molecule has 2 fully saturated rings. The molecule has 71 heavy (non-hydrogen) atoms. The highest BCUT2D eigenvalue weighted by molar-refractivity contribution is 6.01. The molecule has 0 spiro atoms. The van der Waals surface area contributed by atoms with E-state index in [2.05, 4.69) is 10.6 Å². The number of carbonyl (C=O) groups is 2. The molecule has 0 unspecified atom stereocenters. The second-order valence-electron chi connectivity index (χ2n) is 18.5. The number of ether oxygens (including phenoxy) is 4. The number of halogens is 3. The molecule has 7 nitrogen and oxygen atoms in total. The number of allylic oxidation sites excluding steroid dienone is 2. The smallest absolute Gasteiger partial charge is 0.337 e. The summed E-state index contributed by atoms with van der Waals surface area (Å²) in [5.41, 5.74) is 13.0. The maximum atomic E-state index is 14.4. The van der Waals surface area contributed by atoms with Crippen molar-refractivity contribution in [3.05, 3.63) is 190 Å². The molecule has 6 aromatic carbocycles. The van der Waals surface area contributed by atoms with Crippen LogP contribution in [0.25, 0.3) is 33.3 Å². The Morgan fingerprint density at radius 1 is 0.606 bits per heavy atom. The summed E-state index contributed by atoms with van der Waals surface area (Å²) in [6.45, 7) is 0.731. The van der Waals surface area contributed by atoms with Gasteiger partial charge in [-0.2, -0.15) is 0 Å². The van der Waals surface area contributed by atoms with Gasteiger partial charge in [0.25, 0.3) is 0 Å². The third-order valence-electron chi connectivity index (χ3n) is 14.1. The Bertz CT molecular complexity index is 3010. The lowest BCUT2D eigenvalue weighted by molar-refractivity contribution is 0.0592. The number of hydrogen-bond acceptors (Lipinski definition) is 6. The molecule has 0 bridgehead atoms. The van der Waals surface area contributed by atoms with Gasteiger partial charge in [0, 0.05) is 41.2 Å². The first-order valence-corrected chi connectivity index (χ1v) is 24.6. The maximum Gasteiger partial charge on any atom is 0.337 e. The minimum absolute atomic E-state index is 0.310. The fraction of sp³-hybridized carbons (Fsp3) is 0.311. The molecule has 1 heterocycles. The summed E-state index contributed by atoms with van der Waals surface area (Å²) in [7, 11) is 3.81. The molecule has 3 aliphatic rings. The third kappa shape index (κ3) is 11.4. The van der Waals surface area contributed by atoms with E-state index in [1.54, 1.807) is 0 Å². The van der Waals surface area contributed by atoms with Crippen LogP contribution in [0.3, 0.4) is 0 Å². The zero-order valence-electron chi connectivity index (χ0n) is 41.8. The van der Waals surface area contributed by atoms with E-state index in [0.717, 1.165) is 70.1 Å². The van der Waals surface area contributed by atoms with Crippen LogP contribution in [0.15, 0.2) is 133 Å². The molecule has 1 aromatic heterocycles. The topological polar surface area (TPSA) is 76.0 Å². The summed E-state index contributed by atoms with van der Waals surface area (Å²) in [6.07, 6.45) is 12.6. The van der Waals surface area contributed by atoms with Crippen molar-refractivity contribution in [2.75, 3.05) is 21.4 Å². The first-order valence-electron chi connectivity index (χ1n) is 25.3. The lowest BCUT2D eigenvalue weighted by Crippen LogP contribution is -2.09. The molecular formula is C61H62F3NO6. The molecule has 0 saturated heterocycles. The van der Waals surface area contributed by atoms with Crippen LogP contribution in [0.4, 0.5) is 13.2 Å². The Balaban J connectivity index is 0.000000183. The number of methoxy groups -OCH3 is 2. The van der Waals surface area contributed by atoms with Crippen LogP contribution >= 0.6 is 0 Å². The maximum absolute atomic E-state index is 14.4. The van der Waals surface area contributed by atoms with E-state index in [4.69, 9.17) is 20.3 Å². The van der Waals surface area contributed by atoms with E-state index in [1.807, 2.05) is 110 Å². The summed E-state index contributed by atoms with van der Waals surface area (Å²) < 4.78 is 68.6. The molecule has 0 amide bonds. The van der Waals surface area contributed by atoms with Crippen molar-refractivity contribution in [1.29, 1.82) is 0 Å². The number of aryl methyl sites for hydroxylation is 1. The third-order valence-corrected chi connectivity index (χ3v) is 14.1. The number of esters is 2. The van der Waals surface area contributed by atoms with Crippen molar-refractivity contribution in [3.8, 4) is 22.8 Å². The second-order valence-corrected chi connectivity index (χ2v) is 18.5. The lowest BCUT2D eigenvalue weighted by atomic mass is 9.79. The average Bonchev–Trinajstić information content (AvgIpc) is 3.94. The quantitative estimate of drug-likeness (QED) is 0.114. The lowest BCUT2D eigenvalue weighted by Gasteiger charge is -2.26. The Hall–Kier alpha value is -7.07. The summed E-state index contributed by atoms with van der Waals surface area (Å²) in [6, 6.07) is 41.1. The van der Waals surface area contributed by atoms with Crippen LogP contribution < -0.4 is 9.47 Å². The van der Waals surface area contributed by atoms with Crippen LogP contribution in [-0.4, -0.2) is 37.9 Å². The van der Waals surface area contributed by atoms with Gasteiger partial charge in [-0.15, -0.1) is 0 Å². The Kier molecular flexibility index (Phi) is 16.3. The molecule has 0 radical (unpaired) electrons. The van der Waals surface area contributed by atoms with E-state index < -0.39 is 7.15 Å². The van der Waals surface area contributed by atoms with Gasteiger partial charge < -0.3 is 23.5 Å². The van der Waals surface area contributed by atoms with E-state index in [1.165, 1.54) is 99.3 Å². The Morgan fingerprint density at radius 3 is 1.66 bits per heavy atom. The van der Waals surface area contributed by atoms with Gasteiger partial charge in [-0.1, -0.05) is 111 Å². The SMILES string of the molecule is COC(=O)c1ccc2c(C3CCCCC3)c(-c3ccc(F)cc3OCc3ccccc3)n(C)c2c1.COC(=O)c1ccc2c(c1)CC(c1ccc(F)cc1OCc1ccccc1)=C2C1CCCCC1.[2H]CF. The highest BCUT2D eigenvalue weighted by Gasteiger charge is 2.32. The summed E-state index contributed by atoms with van der Waals surface area (Å²) in [5, 5.41) is 1.13. The molecule has 3 aliphatic carbocycles. The minimum Gasteiger partial charge on any atom is -0.488 e. The van der Waals surface area contributed by atoms with Crippen molar-refractivity contribution < 1.29 is 43.1 Å². The van der Waals surface area contributed by atoms with Gasteiger partial charge in [0.15, 0.2) is 0 Å². The number of carbonyl (C=O) groups excluding carboxylic acids is 2. The number of benzene rings is 6. The van der Waals surface area contributed by atoms with Crippen LogP contribution in [0, 0.1) is 17.6 Å². The first-order chi connectivity index (χ1) is 35.1. The molecular weight excluding hydrogens is 900 g/mol. The standard InChI is InChI=1S/C30H30FNO3.C30H29FO3.CH3F/c1-32-26-17-22(30(33)34-2)13-15-24(26)28(21-11-7-4-8-12-21)29(32)25-16-14-23(31)18-27(25)35-19-20-9-5-3-6-10-20;1-33-30(32)22-12-14-25-23(16-22)17-27(29(25)21-10-6-3-7-11-21)26-15-13-24(31)18-28(26)34-19-20-8-4-2-5-9-20;1-2/h3,5-6,9-10,13-18,21H,4,7-8,11-12,19H2,1-2H3;2,4-5,8-9,12-16,18,21H,3,6-7,10-11,17,19H2,1H3;1H3/i;;1D. The highest BCUT2D eigenvalue weighted by atomic mass is 19.1. The first kappa shape index (κ1) is 48.9. The summed E-state index contributed by atoms with van der Waals surface area (Å²) >= 11 is 0. The molecule has 10 rings (SSSR count). The van der Waals surface area contributed by atoms with Crippen LogP contribution in [0.1, 0.15) is 126 Å². The van der Waals surface area contributed by atoms with Crippen molar-refractivity contribution in [2.45, 2.75) is 89.8 Å². The summed E-state index contributed by atoms with van der Waals surface area (Å²) in [4.78, 5) is 24.4. The van der Waals surface area contributed by atoms with Crippen molar-refractivity contribution in [2.24, 2.45) is 13.0 Å². The normalized spacial score (nSPS) is 14.9. The summed E-state index contributed by atoms with van der Waals surface area (Å²) in [5.74, 6) is 0.613. The van der Waals surface area contributed by atoms with E-state index in [-0.39, 0.29) is 23.6 Å². The van der Waals surface area contributed by atoms with Gasteiger partial charge >= 0.3 is 11.9 Å². The van der Waals surface area contributed by atoms with Crippen molar-refractivity contribution in [1.82, 2.24) is 4.57 Å². The fourth-order valence-electron chi connectivity index (χ4n) is 10.8. The molecule has 10 heteroatoms. The minimum atomic E-state index is -1.00. The van der Waals surface area contributed by atoms with Crippen LogP contribution in [0.2, 0.25) is 0 Å². The number of fused-ring (bicyclic) bond motifs is 2. The number of hydrogen-bond donors (Lipinski definition) is 0. The Morgan fingerprint density at radius 2 is 1.10 bits per heavy atom. The predicted molar refractivity (Wildman–Crippen MR) is 275 cm³/mol. The van der Waals surface area contributed by atoms with E-state index in [9.17, 15) is 22.8 Å². The Labute approximate surface area is 416 Å². The number of rotatable bonds is 12. The molecule has 0 atom stereocenters.